The van der Waals surface area contributed by atoms with Gasteiger partial charge in [0.15, 0.2) is 5.15 Å². The number of nitrogens with one attached hydrogen (secondary N) is 1. The number of aromatic amines is 1. The van der Waals surface area contributed by atoms with Gasteiger partial charge in [-0.15, -0.1) is 0 Å². The van der Waals surface area contributed by atoms with Gasteiger partial charge in [0.1, 0.15) is 5.75 Å². The maximum atomic E-state index is 11.3. The van der Waals surface area contributed by atoms with Gasteiger partial charge in [-0.25, -0.2) is 5.10 Å². The molecule has 0 saturated carbocycles. The van der Waals surface area contributed by atoms with Crippen molar-refractivity contribution in [2.45, 2.75) is 0 Å². The molecule has 5 nitrogen and oxygen atoms in total. The summed E-state index contributed by atoms with van der Waals surface area (Å²) >= 11 is 5.78. The first-order chi connectivity index (χ1) is 7.22. The maximum absolute atomic E-state index is 11.3. The Morgan fingerprint density at radius 3 is 2.93 bits per heavy atom. The van der Waals surface area contributed by atoms with Crippen LogP contribution < -0.4 is 10.3 Å². The molecule has 2 aromatic rings. The van der Waals surface area contributed by atoms with E-state index in [1.807, 2.05) is 0 Å². The number of nitrogens with zero attached hydrogens (tertiary/aromatic N) is 1. The number of hydrogen-bond donors (Lipinski definition) is 1. The predicted molar refractivity (Wildman–Crippen MR) is 54.1 cm³/mol. The number of benzene rings is 1. The Morgan fingerprint density at radius 2 is 2.20 bits per heavy atom. The number of halogens is 1. The Balaban J connectivity index is 2.75. The highest BCUT2D eigenvalue weighted by atomic mass is 35.5. The maximum Gasteiger partial charge on any atom is 0.298 e. The third kappa shape index (κ3) is 1.69. The van der Waals surface area contributed by atoms with E-state index in [2.05, 4.69) is 14.9 Å². The SMILES string of the molecule is O=COc1ccc2c(=O)[nH]nc(Cl)c2c1. The molecule has 2 rings (SSSR count). The van der Waals surface area contributed by atoms with Crippen LogP contribution in [0.2, 0.25) is 5.15 Å². The van der Waals surface area contributed by atoms with Crippen molar-refractivity contribution in [2.75, 3.05) is 0 Å². The minimum atomic E-state index is -0.341. The van der Waals surface area contributed by atoms with Crippen LogP contribution in [-0.4, -0.2) is 16.7 Å². The number of rotatable bonds is 2. The summed E-state index contributed by atoms with van der Waals surface area (Å²) in [6.07, 6.45) is 0. The van der Waals surface area contributed by atoms with Crippen molar-refractivity contribution in [1.29, 1.82) is 0 Å². The number of hydrogen-bond acceptors (Lipinski definition) is 4. The topological polar surface area (TPSA) is 72.1 Å². The van der Waals surface area contributed by atoms with E-state index in [1.165, 1.54) is 18.2 Å². The van der Waals surface area contributed by atoms with Crippen LogP contribution >= 0.6 is 11.6 Å². The molecule has 0 aliphatic heterocycles. The molecule has 0 aliphatic rings. The van der Waals surface area contributed by atoms with Gasteiger partial charge in [-0.2, -0.15) is 5.10 Å². The summed E-state index contributed by atoms with van der Waals surface area (Å²) in [5.74, 6) is 0.312. The second-order valence-corrected chi connectivity index (χ2v) is 3.12. The zero-order valence-electron chi connectivity index (χ0n) is 7.36. The first-order valence-corrected chi connectivity index (χ1v) is 4.38. The molecule has 1 aromatic carbocycles. The summed E-state index contributed by atoms with van der Waals surface area (Å²) in [6.45, 7) is 0.301. The minimum Gasteiger partial charge on any atom is -0.429 e. The standard InChI is InChI=1S/C9H5ClN2O3/c10-8-7-3-5(15-4-13)1-2-6(7)9(14)12-11-8/h1-4H,(H,12,14). The highest BCUT2D eigenvalue weighted by Gasteiger charge is 2.05. The summed E-state index contributed by atoms with van der Waals surface area (Å²) in [5.41, 5.74) is -0.341. The van der Waals surface area contributed by atoms with Gasteiger partial charge in [-0.3, -0.25) is 9.59 Å². The smallest absolute Gasteiger partial charge is 0.298 e. The van der Waals surface area contributed by atoms with Crippen molar-refractivity contribution >= 4 is 28.8 Å². The molecule has 1 N–H and O–H groups in total. The van der Waals surface area contributed by atoms with Crippen molar-refractivity contribution < 1.29 is 9.53 Å². The Morgan fingerprint density at radius 1 is 1.40 bits per heavy atom. The van der Waals surface area contributed by atoms with Gasteiger partial charge in [0, 0.05) is 5.39 Å². The van der Waals surface area contributed by atoms with Gasteiger partial charge in [-0.1, -0.05) is 11.6 Å². The van der Waals surface area contributed by atoms with E-state index in [9.17, 15) is 9.59 Å². The molecule has 0 aliphatic carbocycles. The van der Waals surface area contributed by atoms with E-state index in [0.717, 1.165) is 0 Å². The molecular formula is C9H5ClN2O3. The van der Waals surface area contributed by atoms with Crippen molar-refractivity contribution in [3.05, 3.63) is 33.7 Å². The third-order valence-electron chi connectivity index (χ3n) is 1.90. The molecule has 0 amide bonds. The lowest BCUT2D eigenvalue weighted by Crippen LogP contribution is -2.08. The van der Waals surface area contributed by atoms with Crippen molar-refractivity contribution in [1.82, 2.24) is 10.2 Å². The summed E-state index contributed by atoms with van der Waals surface area (Å²) in [7, 11) is 0. The lowest BCUT2D eigenvalue weighted by molar-refractivity contribution is -0.120. The average Bonchev–Trinajstić information content (AvgIpc) is 2.24. The van der Waals surface area contributed by atoms with E-state index >= 15 is 0 Å². The van der Waals surface area contributed by atoms with Crippen molar-refractivity contribution in [3.63, 3.8) is 0 Å². The number of ether oxygens (including phenoxy) is 1. The number of fused-ring (bicyclic) bond motifs is 1. The van der Waals surface area contributed by atoms with E-state index in [0.29, 0.717) is 23.0 Å². The van der Waals surface area contributed by atoms with Crippen LogP contribution in [-0.2, 0) is 4.79 Å². The quantitative estimate of drug-likeness (QED) is 0.776. The van der Waals surface area contributed by atoms with Crippen LogP contribution in [0.4, 0.5) is 0 Å². The fraction of sp³-hybridized carbons (Fsp3) is 0. The van der Waals surface area contributed by atoms with Crippen LogP contribution in [0.1, 0.15) is 0 Å². The molecule has 6 heteroatoms. The minimum absolute atomic E-state index is 0.154. The van der Waals surface area contributed by atoms with E-state index < -0.39 is 0 Å². The molecule has 0 atom stereocenters. The molecule has 76 valence electrons. The fourth-order valence-corrected chi connectivity index (χ4v) is 1.44. The zero-order chi connectivity index (χ0) is 10.8. The Kier molecular flexibility index (Phi) is 2.39. The van der Waals surface area contributed by atoms with E-state index in [4.69, 9.17) is 11.6 Å². The molecule has 0 spiro atoms. The molecule has 0 unspecified atom stereocenters. The fourth-order valence-electron chi connectivity index (χ4n) is 1.24. The second-order valence-electron chi connectivity index (χ2n) is 2.77. The number of aromatic nitrogens is 2. The average molecular weight is 225 g/mol. The highest BCUT2D eigenvalue weighted by molar-refractivity contribution is 6.34. The lowest BCUT2D eigenvalue weighted by Gasteiger charge is -2.01. The Labute approximate surface area is 88.6 Å². The zero-order valence-corrected chi connectivity index (χ0v) is 8.12. The monoisotopic (exact) mass is 224 g/mol. The van der Waals surface area contributed by atoms with Crippen LogP contribution in [0.15, 0.2) is 23.0 Å². The number of carbonyl (C=O) groups is 1. The molecule has 0 bridgehead atoms. The summed E-state index contributed by atoms with van der Waals surface area (Å²) in [6, 6.07) is 4.50. The van der Waals surface area contributed by atoms with Crippen LogP contribution in [0.5, 0.6) is 5.75 Å². The molecule has 0 saturated heterocycles. The summed E-state index contributed by atoms with van der Waals surface area (Å²) < 4.78 is 4.63. The number of carbonyl (C=O) groups excluding carboxylic acids is 1. The third-order valence-corrected chi connectivity index (χ3v) is 2.19. The first-order valence-electron chi connectivity index (χ1n) is 4.00. The molecule has 1 heterocycles. The van der Waals surface area contributed by atoms with Gasteiger partial charge >= 0.3 is 0 Å². The summed E-state index contributed by atoms with van der Waals surface area (Å²) in [5, 5.41) is 6.83. The molecule has 0 fully saturated rings. The Hall–Kier alpha value is -1.88. The van der Waals surface area contributed by atoms with Crippen LogP contribution in [0.3, 0.4) is 0 Å². The molecule has 15 heavy (non-hydrogen) atoms. The van der Waals surface area contributed by atoms with Crippen LogP contribution in [0.25, 0.3) is 10.8 Å². The van der Waals surface area contributed by atoms with Gasteiger partial charge in [0.2, 0.25) is 0 Å². The van der Waals surface area contributed by atoms with Crippen LogP contribution in [0, 0.1) is 0 Å². The van der Waals surface area contributed by atoms with E-state index in [-0.39, 0.29) is 10.7 Å². The number of H-pyrrole nitrogens is 1. The van der Waals surface area contributed by atoms with Gasteiger partial charge < -0.3 is 4.74 Å². The van der Waals surface area contributed by atoms with E-state index in [1.54, 1.807) is 0 Å². The predicted octanol–water partition coefficient (Wildman–Crippen LogP) is 1.11. The second kappa shape index (κ2) is 3.70. The first kappa shape index (κ1) is 9.67. The largest absolute Gasteiger partial charge is 0.429 e. The molecule has 0 radical (unpaired) electrons. The Bertz CT molecular complexity index is 579. The molecule has 1 aromatic heterocycles. The molecular weight excluding hydrogens is 220 g/mol. The van der Waals surface area contributed by atoms with Gasteiger partial charge in [-0.05, 0) is 18.2 Å². The lowest BCUT2D eigenvalue weighted by atomic mass is 10.2. The van der Waals surface area contributed by atoms with Crippen molar-refractivity contribution in [2.24, 2.45) is 0 Å². The summed E-state index contributed by atoms with van der Waals surface area (Å²) in [4.78, 5) is 21.4. The van der Waals surface area contributed by atoms with Crippen molar-refractivity contribution in [3.8, 4) is 5.75 Å². The van der Waals surface area contributed by atoms with Gasteiger partial charge in [0.25, 0.3) is 12.0 Å². The highest BCUT2D eigenvalue weighted by Crippen LogP contribution is 2.22. The van der Waals surface area contributed by atoms with Gasteiger partial charge in [0.05, 0.1) is 5.39 Å². The normalized spacial score (nSPS) is 10.2.